The minimum atomic E-state index is -0.567. The molecule has 26 heavy (non-hydrogen) atoms. The highest BCUT2D eigenvalue weighted by molar-refractivity contribution is 5.93. The van der Waals surface area contributed by atoms with Crippen LogP contribution in [-0.2, 0) is 11.2 Å². The van der Waals surface area contributed by atoms with Crippen LogP contribution in [0.3, 0.4) is 0 Å². The molecule has 0 aliphatic carbocycles. The van der Waals surface area contributed by atoms with Gasteiger partial charge in [-0.1, -0.05) is 30.3 Å². The maximum Gasteiger partial charge on any atom is 0.252 e. The van der Waals surface area contributed by atoms with Crippen LogP contribution in [0.1, 0.15) is 28.9 Å². The van der Waals surface area contributed by atoms with Gasteiger partial charge in [0.05, 0.1) is 17.8 Å². The van der Waals surface area contributed by atoms with Crippen molar-refractivity contribution in [3.05, 3.63) is 47.8 Å². The first kappa shape index (κ1) is 18.0. The van der Waals surface area contributed by atoms with E-state index in [1.807, 2.05) is 30.3 Å². The molecule has 0 radical (unpaired) electrons. The number of nitrogens with two attached hydrogens (primary N) is 1. The fourth-order valence-electron chi connectivity index (χ4n) is 3.06. The molecule has 3 rings (SSSR count). The summed E-state index contributed by atoms with van der Waals surface area (Å²) < 4.78 is 0. The Labute approximate surface area is 152 Å². The number of primary amides is 1. The van der Waals surface area contributed by atoms with Crippen LogP contribution < -0.4 is 11.1 Å². The van der Waals surface area contributed by atoms with Gasteiger partial charge < -0.3 is 11.1 Å². The summed E-state index contributed by atoms with van der Waals surface area (Å²) >= 11 is 0. The Balaban J connectivity index is 1.65. The molecule has 2 heterocycles. The van der Waals surface area contributed by atoms with Crippen molar-refractivity contribution in [1.82, 2.24) is 20.2 Å². The van der Waals surface area contributed by atoms with Crippen LogP contribution in [0.25, 0.3) is 11.4 Å². The molecule has 1 aromatic carbocycles. The Hall–Kier alpha value is -2.80. The van der Waals surface area contributed by atoms with E-state index in [-0.39, 0.29) is 5.91 Å². The number of nitrogens with zero attached hydrogens (tertiary/aromatic N) is 3. The van der Waals surface area contributed by atoms with E-state index >= 15 is 0 Å². The largest absolute Gasteiger partial charge is 0.365 e. The SMILES string of the molecule is NC(=O)c1cnc(-c2ccccc2)nc1CCNC(=O)CN1CCCC1. The van der Waals surface area contributed by atoms with E-state index < -0.39 is 5.91 Å². The van der Waals surface area contributed by atoms with Crippen LogP contribution in [0, 0.1) is 0 Å². The van der Waals surface area contributed by atoms with E-state index in [0.29, 0.717) is 36.6 Å². The lowest BCUT2D eigenvalue weighted by atomic mass is 10.1. The molecule has 136 valence electrons. The summed E-state index contributed by atoms with van der Waals surface area (Å²) in [7, 11) is 0. The van der Waals surface area contributed by atoms with Gasteiger partial charge in [-0.05, 0) is 25.9 Å². The molecule has 7 heteroatoms. The molecule has 2 amide bonds. The average molecular weight is 353 g/mol. The maximum atomic E-state index is 12.0. The van der Waals surface area contributed by atoms with Gasteiger partial charge in [0, 0.05) is 24.7 Å². The zero-order valence-corrected chi connectivity index (χ0v) is 14.6. The van der Waals surface area contributed by atoms with Gasteiger partial charge >= 0.3 is 0 Å². The van der Waals surface area contributed by atoms with Crippen LogP contribution >= 0.6 is 0 Å². The standard InChI is InChI=1S/C19H23N5O2/c20-18(26)15-12-22-19(14-6-2-1-3-7-14)23-16(15)8-9-21-17(25)13-24-10-4-5-11-24/h1-3,6-7,12H,4-5,8-11,13H2,(H2,20,26)(H,21,25). The maximum absolute atomic E-state index is 12.0. The number of hydrogen-bond acceptors (Lipinski definition) is 5. The molecular weight excluding hydrogens is 330 g/mol. The third-order valence-electron chi connectivity index (χ3n) is 4.42. The van der Waals surface area contributed by atoms with Gasteiger partial charge in [-0.25, -0.2) is 9.97 Å². The predicted octanol–water partition coefficient (Wildman–Crippen LogP) is 0.997. The highest BCUT2D eigenvalue weighted by Crippen LogP contribution is 2.16. The fraction of sp³-hybridized carbons (Fsp3) is 0.368. The van der Waals surface area contributed by atoms with E-state index in [1.54, 1.807) is 0 Å². The number of aromatic nitrogens is 2. The normalized spacial score (nSPS) is 14.3. The average Bonchev–Trinajstić information content (AvgIpc) is 3.15. The monoisotopic (exact) mass is 353 g/mol. The molecule has 0 spiro atoms. The summed E-state index contributed by atoms with van der Waals surface area (Å²) in [6.07, 6.45) is 4.18. The van der Waals surface area contributed by atoms with Crippen LogP contribution in [-0.4, -0.2) is 52.9 Å². The van der Waals surface area contributed by atoms with Crippen molar-refractivity contribution in [2.24, 2.45) is 5.73 Å². The van der Waals surface area contributed by atoms with Crippen molar-refractivity contribution in [3.63, 3.8) is 0 Å². The Kier molecular flexibility index (Phi) is 5.91. The lowest BCUT2D eigenvalue weighted by molar-refractivity contribution is -0.121. The molecule has 0 atom stereocenters. The first-order valence-electron chi connectivity index (χ1n) is 8.83. The lowest BCUT2D eigenvalue weighted by Gasteiger charge is -2.14. The van der Waals surface area contributed by atoms with Crippen molar-refractivity contribution in [3.8, 4) is 11.4 Å². The number of carbonyl (C=O) groups is 2. The number of rotatable bonds is 7. The highest BCUT2D eigenvalue weighted by atomic mass is 16.2. The number of carbonyl (C=O) groups excluding carboxylic acids is 2. The number of hydrogen-bond donors (Lipinski definition) is 2. The fourth-order valence-corrected chi connectivity index (χ4v) is 3.06. The zero-order chi connectivity index (χ0) is 18.4. The van der Waals surface area contributed by atoms with Gasteiger partial charge in [0.1, 0.15) is 0 Å². The van der Waals surface area contributed by atoms with Crippen LogP contribution in [0.2, 0.25) is 0 Å². The van der Waals surface area contributed by atoms with Gasteiger partial charge in [-0.3, -0.25) is 14.5 Å². The molecule has 1 aliphatic heterocycles. The van der Waals surface area contributed by atoms with Crippen molar-refractivity contribution in [1.29, 1.82) is 0 Å². The molecule has 1 saturated heterocycles. The molecule has 2 aromatic rings. The first-order chi connectivity index (χ1) is 12.6. The summed E-state index contributed by atoms with van der Waals surface area (Å²) in [4.78, 5) is 34.5. The first-order valence-corrected chi connectivity index (χ1v) is 8.83. The second-order valence-electron chi connectivity index (χ2n) is 6.37. The van der Waals surface area contributed by atoms with Crippen molar-refractivity contribution >= 4 is 11.8 Å². The van der Waals surface area contributed by atoms with E-state index in [1.165, 1.54) is 6.20 Å². The molecule has 3 N–H and O–H groups in total. The van der Waals surface area contributed by atoms with Gasteiger partial charge in [-0.15, -0.1) is 0 Å². The van der Waals surface area contributed by atoms with Crippen molar-refractivity contribution < 1.29 is 9.59 Å². The number of benzene rings is 1. The van der Waals surface area contributed by atoms with Crippen LogP contribution in [0.4, 0.5) is 0 Å². The summed E-state index contributed by atoms with van der Waals surface area (Å²) in [5.74, 6) is -0.0399. The number of likely N-dealkylation sites (tertiary alicyclic amines) is 1. The molecule has 0 bridgehead atoms. The Morgan fingerprint density at radius 3 is 2.58 bits per heavy atom. The van der Waals surface area contributed by atoms with Gasteiger partial charge in [-0.2, -0.15) is 0 Å². The molecular formula is C19H23N5O2. The van der Waals surface area contributed by atoms with Crippen molar-refractivity contribution in [2.45, 2.75) is 19.3 Å². The molecule has 0 unspecified atom stereocenters. The van der Waals surface area contributed by atoms with Crippen LogP contribution in [0.15, 0.2) is 36.5 Å². The Morgan fingerprint density at radius 1 is 1.15 bits per heavy atom. The smallest absolute Gasteiger partial charge is 0.252 e. The third kappa shape index (κ3) is 4.64. The molecule has 1 aromatic heterocycles. The number of nitrogens with one attached hydrogen (secondary N) is 1. The second-order valence-corrected chi connectivity index (χ2v) is 6.37. The topological polar surface area (TPSA) is 101 Å². The van der Waals surface area contributed by atoms with Gasteiger partial charge in [0.15, 0.2) is 5.82 Å². The van der Waals surface area contributed by atoms with E-state index in [4.69, 9.17) is 5.73 Å². The van der Waals surface area contributed by atoms with Gasteiger partial charge in [0.2, 0.25) is 5.91 Å². The molecule has 0 saturated carbocycles. The van der Waals surface area contributed by atoms with Gasteiger partial charge in [0.25, 0.3) is 5.91 Å². The Morgan fingerprint density at radius 2 is 1.88 bits per heavy atom. The minimum absolute atomic E-state index is 0.00939. The van der Waals surface area contributed by atoms with E-state index in [9.17, 15) is 9.59 Å². The summed E-state index contributed by atoms with van der Waals surface area (Å²) in [6.45, 7) is 2.77. The van der Waals surface area contributed by atoms with Crippen LogP contribution in [0.5, 0.6) is 0 Å². The molecule has 1 aliphatic rings. The highest BCUT2D eigenvalue weighted by Gasteiger charge is 2.16. The summed E-state index contributed by atoms with van der Waals surface area (Å²) in [6, 6.07) is 9.53. The van der Waals surface area contributed by atoms with E-state index in [0.717, 1.165) is 31.5 Å². The summed E-state index contributed by atoms with van der Waals surface area (Å²) in [5, 5.41) is 2.89. The third-order valence-corrected chi connectivity index (χ3v) is 4.42. The lowest BCUT2D eigenvalue weighted by Crippen LogP contribution is -2.36. The minimum Gasteiger partial charge on any atom is -0.365 e. The zero-order valence-electron chi connectivity index (χ0n) is 14.6. The summed E-state index contributed by atoms with van der Waals surface area (Å²) in [5.41, 5.74) is 7.13. The molecule has 1 fully saturated rings. The quantitative estimate of drug-likeness (QED) is 0.773. The molecule has 7 nitrogen and oxygen atoms in total. The van der Waals surface area contributed by atoms with Crippen molar-refractivity contribution in [2.75, 3.05) is 26.2 Å². The predicted molar refractivity (Wildman–Crippen MR) is 98.4 cm³/mol. The number of amides is 2. The Bertz CT molecular complexity index is 773. The second kappa shape index (κ2) is 8.53. The van der Waals surface area contributed by atoms with E-state index in [2.05, 4.69) is 20.2 Å².